The third kappa shape index (κ3) is 2.85. The SMILES string of the molecule is Cc1cc(=O)n(CC(=O)NC2CCC23CCOCC3)cn1. The van der Waals surface area contributed by atoms with E-state index >= 15 is 0 Å². The van der Waals surface area contributed by atoms with E-state index in [0.29, 0.717) is 5.69 Å². The zero-order valence-electron chi connectivity index (χ0n) is 12.3. The van der Waals surface area contributed by atoms with Crippen molar-refractivity contribution in [2.75, 3.05) is 13.2 Å². The molecular formula is C15H21N3O3. The van der Waals surface area contributed by atoms with Crippen LogP contribution in [-0.4, -0.2) is 34.7 Å². The molecule has 1 spiro atoms. The second-order valence-corrected chi connectivity index (χ2v) is 6.13. The number of amides is 1. The van der Waals surface area contributed by atoms with Crippen LogP contribution < -0.4 is 10.9 Å². The fourth-order valence-electron chi connectivity index (χ4n) is 3.33. The Bertz CT molecular complexity index is 590. The minimum absolute atomic E-state index is 0.0369. The second kappa shape index (κ2) is 5.60. The van der Waals surface area contributed by atoms with Crippen LogP contribution in [-0.2, 0) is 16.1 Å². The van der Waals surface area contributed by atoms with Gasteiger partial charge >= 0.3 is 0 Å². The number of ether oxygens (including phenoxy) is 1. The van der Waals surface area contributed by atoms with Crippen molar-refractivity contribution >= 4 is 5.91 Å². The predicted octanol–water partition coefficient (Wildman–Crippen LogP) is 0.627. The molecule has 1 atom stereocenters. The Morgan fingerprint density at radius 3 is 2.86 bits per heavy atom. The molecule has 1 amide bonds. The number of nitrogens with one attached hydrogen (secondary N) is 1. The number of carbonyl (C=O) groups excluding carboxylic acids is 1. The molecule has 1 aliphatic heterocycles. The normalized spacial score (nSPS) is 23.6. The van der Waals surface area contributed by atoms with Gasteiger partial charge in [0.15, 0.2) is 0 Å². The third-order valence-corrected chi connectivity index (χ3v) is 4.82. The molecule has 6 heteroatoms. The summed E-state index contributed by atoms with van der Waals surface area (Å²) in [6, 6.07) is 1.67. The number of aryl methyl sites for hydroxylation is 1. The number of aromatic nitrogens is 2. The molecule has 21 heavy (non-hydrogen) atoms. The minimum Gasteiger partial charge on any atom is -0.381 e. The molecule has 0 radical (unpaired) electrons. The Kier molecular flexibility index (Phi) is 3.80. The molecule has 2 fully saturated rings. The van der Waals surface area contributed by atoms with Crippen molar-refractivity contribution < 1.29 is 9.53 Å². The van der Waals surface area contributed by atoms with Crippen molar-refractivity contribution in [3.63, 3.8) is 0 Å². The molecule has 1 aliphatic carbocycles. The van der Waals surface area contributed by atoms with Crippen molar-refractivity contribution in [2.45, 2.75) is 45.2 Å². The van der Waals surface area contributed by atoms with Gasteiger partial charge in [-0.15, -0.1) is 0 Å². The van der Waals surface area contributed by atoms with E-state index in [4.69, 9.17) is 4.74 Å². The van der Waals surface area contributed by atoms with E-state index in [0.717, 1.165) is 38.9 Å². The first-order chi connectivity index (χ1) is 10.1. The maximum absolute atomic E-state index is 12.1. The zero-order valence-corrected chi connectivity index (χ0v) is 12.3. The molecule has 1 N–H and O–H groups in total. The standard InChI is InChI=1S/C15H21N3O3/c1-11-8-14(20)18(10-16-11)9-13(19)17-12-2-3-15(12)4-6-21-7-5-15/h8,10,12H,2-7,9H2,1H3,(H,17,19). The number of rotatable bonds is 3. The Morgan fingerprint density at radius 2 is 2.24 bits per heavy atom. The summed E-state index contributed by atoms with van der Waals surface area (Å²) >= 11 is 0. The van der Waals surface area contributed by atoms with Gasteiger partial charge in [-0.1, -0.05) is 0 Å². The molecule has 3 rings (SSSR count). The van der Waals surface area contributed by atoms with E-state index in [1.54, 1.807) is 6.92 Å². The zero-order chi connectivity index (χ0) is 14.9. The van der Waals surface area contributed by atoms with Crippen LogP contribution in [0.3, 0.4) is 0 Å². The van der Waals surface area contributed by atoms with E-state index in [1.807, 2.05) is 0 Å². The van der Waals surface area contributed by atoms with Crippen LogP contribution in [0.15, 0.2) is 17.2 Å². The van der Waals surface area contributed by atoms with Crippen molar-refractivity contribution in [2.24, 2.45) is 5.41 Å². The molecule has 1 unspecified atom stereocenters. The molecular weight excluding hydrogens is 270 g/mol. The molecule has 1 aromatic heterocycles. The quantitative estimate of drug-likeness (QED) is 0.886. The fourth-order valence-corrected chi connectivity index (χ4v) is 3.33. The first-order valence-corrected chi connectivity index (χ1v) is 7.49. The van der Waals surface area contributed by atoms with Gasteiger partial charge in [0.1, 0.15) is 6.54 Å². The number of hydrogen-bond donors (Lipinski definition) is 1. The van der Waals surface area contributed by atoms with Crippen molar-refractivity contribution in [1.82, 2.24) is 14.9 Å². The van der Waals surface area contributed by atoms with E-state index in [2.05, 4.69) is 10.3 Å². The smallest absolute Gasteiger partial charge is 0.253 e. The Hall–Kier alpha value is -1.69. The summed E-state index contributed by atoms with van der Waals surface area (Å²) in [5.41, 5.74) is 0.702. The first kappa shape index (κ1) is 14.3. The molecule has 114 valence electrons. The molecule has 1 saturated heterocycles. The lowest BCUT2D eigenvalue weighted by Gasteiger charge is -2.52. The van der Waals surface area contributed by atoms with Gasteiger partial charge in [-0.2, -0.15) is 0 Å². The van der Waals surface area contributed by atoms with Gasteiger partial charge in [0, 0.05) is 31.0 Å². The summed E-state index contributed by atoms with van der Waals surface area (Å²) < 4.78 is 6.76. The average molecular weight is 291 g/mol. The fraction of sp³-hybridized carbons (Fsp3) is 0.667. The lowest BCUT2D eigenvalue weighted by Crippen LogP contribution is -2.57. The van der Waals surface area contributed by atoms with E-state index in [9.17, 15) is 9.59 Å². The van der Waals surface area contributed by atoms with E-state index < -0.39 is 0 Å². The van der Waals surface area contributed by atoms with Crippen molar-refractivity contribution in [3.8, 4) is 0 Å². The summed E-state index contributed by atoms with van der Waals surface area (Å²) in [5.74, 6) is -0.113. The highest BCUT2D eigenvalue weighted by atomic mass is 16.5. The topological polar surface area (TPSA) is 73.2 Å². The van der Waals surface area contributed by atoms with Gasteiger partial charge < -0.3 is 10.1 Å². The molecule has 6 nitrogen and oxygen atoms in total. The maximum Gasteiger partial charge on any atom is 0.253 e. The number of hydrogen-bond acceptors (Lipinski definition) is 4. The van der Waals surface area contributed by atoms with Crippen molar-refractivity contribution in [3.05, 3.63) is 28.4 Å². The van der Waals surface area contributed by atoms with Crippen LogP contribution in [0, 0.1) is 12.3 Å². The third-order valence-electron chi connectivity index (χ3n) is 4.82. The summed E-state index contributed by atoms with van der Waals surface area (Å²) in [5, 5.41) is 3.09. The highest BCUT2D eigenvalue weighted by molar-refractivity contribution is 5.76. The van der Waals surface area contributed by atoms with Crippen LogP contribution in [0.1, 0.15) is 31.4 Å². The maximum atomic E-state index is 12.1. The molecule has 0 bridgehead atoms. The summed E-state index contributed by atoms with van der Waals surface area (Å²) in [4.78, 5) is 28.0. The van der Waals surface area contributed by atoms with Gasteiger partial charge in [0.05, 0.1) is 6.33 Å². The highest BCUT2D eigenvalue weighted by Gasteiger charge is 2.47. The second-order valence-electron chi connectivity index (χ2n) is 6.13. The van der Waals surface area contributed by atoms with Crippen LogP contribution in [0.5, 0.6) is 0 Å². The molecule has 0 aromatic carbocycles. The lowest BCUT2D eigenvalue weighted by molar-refractivity contribution is -0.127. The average Bonchev–Trinajstić information content (AvgIpc) is 2.47. The Labute approximate surface area is 123 Å². The summed E-state index contributed by atoms with van der Waals surface area (Å²) in [7, 11) is 0. The molecule has 1 saturated carbocycles. The van der Waals surface area contributed by atoms with Crippen LogP contribution in [0.4, 0.5) is 0 Å². The molecule has 1 aromatic rings. The molecule has 2 heterocycles. The van der Waals surface area contributed by atoms with Crippen LogP contribution >= 0.6 is 0 Å². The van der Waals surface area contributed by atoms with Gasteiger partial charge in [-0.25, -0.2) is 4.98 Å². The van der Waals surface area contributed by atoms with Crippen molar-refractivity contribution in [1.29, 1.82) is 0 Å². The van der Waals surface area contributed by atoms with Gasteiger partial charge in [0.25, 0.3) is 5.56 Å². The number of carbonyl (C=O) groups is 1. The van der Waals surface area contributed by atoms with Gasteiger partial charge in [-0.05, 0) is 38.0 Å². The predicted molar refractivity (Wildman–Crippen MR) is 76.9 cm³/mol. The number of nitrogens with zero attached hydrogens (tertiary/aromatic N) is 2. The first-order valence-electron chi connectivity index (χ1n) is 7.49. The van der Waals surface area contributed by atoms with Gasteiger partial charge in [-0.3, -0.25) is 14.2 Å². The van der Waals surface area contributed by atoms with E-state index in [1.165, 1.54) is 17.0 Å². The van der Waals surface area contributed by atoms with Crippen LogP contribution in [0.25, 0.3) is 0 Å². The summed E-state index contributed by atoms with van der Waals surface area (Å²) in [6.07, 6.45) is 5.65. The monoisotopic (exact) mass is 291 g/mol. The summed E-state index contributed by atoms with van der Waals surface area (Å²) in [6.45, 7) is 3.37. The highest BCUT2D eigenvalue weighted by Crippen LogP contribution is 2.48. The Morgan fingerprint density at radius 1 is 1.48 bits per heavy atom. The Balaban J connectivity index is 1.60. The minimum atomic E-state index is -0.188. The molecule has 2 aliphatic rings. The lowest BCUT2D eigenvalue weighted by atomic mass is 9.60. The van der Waals surface area contributed by atoms with Gasteiger partial charge in [0.2, 0.25) is 5.91 Å². The van der Waals surface area contributed by atoms with Crippen LogP contribution in [0.2, 0.25) is 0 Å². The largest absolute Gasteiger partial charge is 0.381 e. The van der Waals surface area contributed by atoms with E-state index in [-0.39, 0.29) is 29.5 Å².